The summed E-state index contributed by atoms with van der Waals surface area (Å²) >= 11 is 1.38. The summed E-state index contributed by atoms with van der Waals surface area (Å²) in [6.45, 7) is 0. The van der Waals surface area contributed by atoms with Crippen LogP contribution in [0.25, 0.3) is 11.1 Å². The zero-order valence-electron chi connectivity index (χ0n) is 7.35. The van der Waals surface area contributed by atoms with Crippen molar-refractivity contribution in [3.8, 4) is 0 Å². The first kappa shape index (κ1) is 9.08. The largest absolute Gasteiger partial charge is 0.478 e. The average Bonchev–Trinajstić information content (AvgIpc) is 2.58. The number of fused-ring (bicyclic) bond motifs is 1. The molecule has 1 aromatic carbocycles. The monoisotopic (exact) mass is 209 g/mol. The van der Waals surface area contributed by atoms with Gasteiger partial charge in [0, 0.05) is 0 Å². The summed E-state index contributed by atoms with van der Waals surface area (Å²) in [6, 6.07) is 4.63. The number of aromatic carboxylic acids is 1. The third kappa shape index (κ3) is 1.46. The molecule has 0 spiro atoms. The summed E-state index contributed by atoms with van der Waals surface area (Å²) in [6.07, 6.45) is 1.85. The van der Waals surface area contributed by atoms with E-state index in [9.17, 15) is 4.79 Å². The Morgan fingerprint density at radius 3 is 3.00 bits per heavy atom. The minimum atomic E-state index is -0.964. The van der Waals surface area contributed by atoms with Crippen molar-refractivity contribution in [3.63, 3.8) is 0 Å². The fourth-order valence-corrected chi connectivity index (χ4v) is 1.49. The molecule has 5 heteroatoms. The van der Waals surface area contributed by atoms with Gasteiger partial charge in [0.2, 0.25) is 0 Å². The quantitative estimate of drug-likeness (QED) is 0.768. The van der Waals surface area contributed by atoms with Gasteiger partial charge in [0.15, 0.2) is 5.58 Å². The second-order valence-corrected chi connectivity index (χ2v) is 3.43. The van der Waals surface area contributed by atoms with Crippen molar-refractivity contribution in [1.82, 2.24) is 4.98 Å². The van der Waals surface area contributed by atoms with Crippen molar-refractivity contribution in [2.75, 3.05) is 6.26 Å². The van der Waals surface area contributed by atoms with Crippen LogP contribution in [0.1, 0.15) is 10.4 Å². The Labute approximate surface area is 83.9 Å². The van der Waals surface area contributed by atoms with E-state index in [1.807, 2.05) is 6.26 Å². The number of benzene rings is 1. The molecular weight excluding hydrogens is 202 g/mol. The van der Waals surface area contributed by atoms with Gasteiger partial charge in [0.25, 0.3) is 5.22 Å². The van der Waals surface area contributed by atoms with Crippen LogP contribution in [-0.4, -0.2) is 22.3 Å². The fourth-order valence-electron chi connectivity index (χ4n) is 1.12. The molecule has 0 unspecified atom stereocenters. The van der Waals surface area contributed by atoms with E-state index in [2.05, 4.69) is 4.98 Å². The third-order valence-electron chi connectivity index (χ3n) is 1.79. The Hall–Kier alpha value is -1.49. The summed E-state index contributed by atoms with van der Waals surface area (Å²) in [5.74, 6) is -0.964. The van der Waals surface area contributed by atoms with Crippen LogP contribution in [0.3, 0.4) is 0 Å². The van der Waals surface area contributed by atoms with Gasteiger partial charge in [-0.25, -0.2) is 9.78 Å². The molecule has 2 rings (SSSR count). The highest BCUT2D eigenvalue weighted by atomic mass is 32.2. The summed E-state index contributed by atoms with van der Waals surface area (Å²) in [4.78, 5) is 14.8. The zero-order chi connectivity index (χ0) is 10.1. The number of nitrogens with zero attached hydrogens (tertiary/aromatic N) is 1. The highest BCUT2D eigenvalue weighted by molar-refractivity contribution is 7.98. The van der Waals surface area contributed by atoms with Crippen LogP contribution in [0, 0.1) is 0 Å². The lowest BCUT2D eigenvalue weighted by molar-refractivity contribution is 0.0697. The molecule has 1 heterocycles. The second-order valence-electron chi connectivity index (χ2n) is 2.67. The maximum absolute atomic E-state index is 10.7. The van der Waals surface area contributed by atoms with Crippen LogP contribution in [0.15, 0.2) is 27.8 Å². The summed E-state index contributed by atoms with van der Waals surface area (Å²) < 4.78 is 5.30. The van der Waals surface area contributed by atoms with Crippen LogP contribution in [0.4, 0.5) is 0 Å². The number of oxazole rings is 1. The van der Waals surface area contributed by atoms with E-state index >= 15 is 0 Å². The van der Waals surface area contributed by atoms with Crippen molar-refractivity contribution in [1.29, 1.82) is 0 Å². The standard InChI is InChI=1S/C9H7NO3S/c1-14-9-10-6-3-2-5(8(11)12)4-7(6)13-9/h2-4H,1H3,(H,11,12). The first-order valence-corrected chi connectivity index (χ1v) is 5.11. The number of thioether (sulfide) groups is 1. The molecule has 0 aliphatic heterocycles. The van der Waals surface area contributed by atoms with Gasteiger partial charge in [-0.1, -0.05) is 11.8 Å². The van der Waals surface area contributed by atoms with Crippen molar-refractivity contribution >= 4 is 28.8 Å². The zero-order valence-corrected chi connectivity index (χ0v) is 8.17. The van der Waals surface area contributed by atoms with Crippen molar-refractivity contribution in [2.24, 2.45) is 0 Å². The molecule has 0 bridgehead atoms. The molecule has 0 aliphatic carbocycles. The van der Waals surface area contributed by atoms with E-state index in [0.717, 1.165) is 0 Å². The maximum atomic E-state index is 10.7. The predicted molar refractivity (Wildman–Crippen MR) is 52.7 cm³/mol. The van der Waals surface area contributed by atoms with Crippen LogP contribution < -0.4 is 0 Å². The van der Waals surface area contributed by atoms with Gasteiger partial charge < -0.3 is 9.52 Å². The lowest BCUT2D eigenvalue weighted by Gasteiger charge is -1.91. The summed E-state index contributed by atoms with van der Waals surface area (Å²) in [5.41, 5.74) is 1.40. The lowest BCUT2D eigenvalue weighted by Crippen LogP contribution is -1.94. The number of carbonyl (C=O) groups is 1. The van der Waals surface area contributed by atoms with Gasteiger partial charge in [-0.15, -0.1) is 0 Å². The highest BCUT2D eigenvalue weighted by Gasteiger charge is 2.08. The minimum absolute atomic E-state index is 0.210. The summed E-state index contributed by atoms with van der Waals surface area (Å²) in [5, 5.41) is 9.29. The number of rotatable bonds is 2. The smallest absolute Gasteiger partial charge is 0.335 e. The second kappa shape index (κ2) is 3.34. The van der Waals surface area contributed by atoms with Gasteiger partial charge in [-0.05, 0) is 24.5 Å². The van der Waals surface area contributed by atoms with Gasteiger partial charge in [0.05, 0.1) is 5.56 Å². The number of aromatic nitrogens is 1. The van der Waals surface area contributed by atoms with Crippen LogP contribution in [0.2, 0.25) is 0 Å². The van der Waals surface area contributed by atoms with E-state index in [0.29, 0.717) is 16.3 Å². The number of hydrogen-bond donors (Lipinski definition) is 1. The molecule has 4 nitrogen and oxygen atoms in total. The Bertz CT molecular complexity index is 492. The van der Waals surface area contributed by atoms with E-state index < -0.39 is 5.97 Å². The topological polar surface area (TPSA) is 63.3 Å². The third-order valence-corrected chi connectivity index (χ3v) is 2.31. The average molecular weight is 209 g/mol. The molecule has 72 valence electrons. The maximum Gasteiger partial charge on any atom is 0.335 e. The van der Waals surface area contributed by atoms with Gasteiger partial charge >= 0.3 is 5.97 Å². The lowest BCUT2D eigenvalue weighted by atomic mass is 10.2. The number of carboxylic acids is 1. The van der Waals surface area contributed by atoms with Gasteiger partial charge in [-0.2, -0.15) is 0 Å². The molecule has 0 fully saturated rings. The molecule has 0 aliphatic rings. The van der Waals surface area contributed by atoms with E-state index in [1.54, 1.807) is 6.07 Å². The summed E-state index contributed by atoms with van der Waals surface area (Å²) in [7, 11) is 0. The van der Waals surface area contributed by atoms with Crippen molar-refractivity contribution < 1.29 is 14.3 Å². The molecule has 0 amide bonds. The predicted octanol–water partition coefficient (Wildman–Crippen LogP) is 2.25. The molecule has 1 aromatic heterocycles. The Morgan fingerprint density at radius 2 is 2.36 bits per heavy atom. The molecule has 0 saturated carbocycles. The van der Waals surface area contributed by atoms with Crippen molar-refractivity contribution in [2.45, 2.75) is 5.22 Å². The first-order valence-electron chi connectivity index (χ1n) is 3.88. The number of carboxylic acid groups (broad SMARTS) is 1. The Morgan fingerprint density at radius 1 is 1.57 bits per heavy atom. The fraction of sp³-hybridized carbons (Fsp3) is 0.111. The highest BCUT2D eigenvalue weighted by Crippen LogP contribution is 2.22. The SMILES string of the molecule is CSc1nc2ccc(C(=O)O)cc2o1. The molecule has 0 radical (unpaired) electrons. The Kier molecular flexibility index (Phi) is 2.17. The van der Waals surface area contributed by atoms with Gasteiger partial charge in [-0.3, -0.25) is 0 Å². The van der Waals surface area contributed by atoms with E-state index in [-0.39, 0.29) is 5.56 Å². The molecule has 2 aromatic rings. The molecule has 1 N–H and O–H groups in total. The molecular formula is C9H7NO3S. The molecule has 14 heavy (non-hydrogen) atoms. The van der Waals surface area contributed by atoms with Gasteiger partial charge in [0.1, 0.15) is 5.52 Å². The Balaban J connectivity index is 2.59. The normalized spacial score (nSPS) is 10.6. The molecule has 0 atom stereocenters. The van der Waals surface area contributed by atoms with E-state index in [4.69, 9.17) is 9.52 Å². The number of hydrogen-bond acceptors (Lipinski definition) is 4. The molecule has 0 saturated heterocycles. The minimum Gasteiger partial charge on any atom is -0.478 e. The first-order chi connectivity index (χ1) is 6.70. The van der Waals surface area contributed by atoms with Crippen LogP contribution >= 0.6 is 11.8 Å². The van der Waals surface area contributed by atoms with Crippen molar-refractivity contribution in [3.05, 3.63) is 23.8 Å². The van der Waals surface area contributed by atoms with Crippen LogP contribution in [0.5, 0.6) is 0 Å². The van der Waals surface area contributed by atoms with E-state index in [1.165, 1.54) is 23.9 Å². The van der Waals surface area contributed by atoms with Crippen LogP contribution in [-0.2, 0) is 0 Å².